The average Bonchev–Trinajstić information content (AvgIpc) is 2.72. The Balaban J connectivity index is 2.16. The average molecular weight is 206 g/mol. The number of esters is 1. The van der Waals surface area contributed by atoms with Crippen LogP contribution in [0.4, 0.5) is 0 Å². The molecule has 0 unspecified atom stereocenters. The zero-order valence-corrected chi connectivity index (χ0v) is 8.23. The molecule has 4 heteroatoms. The highest BCUT2D eigenvalue weighted by Crippen LogP contribution is 2.32. The van der Waals surface area contributed by atoms with E-state index in [9.17, 15) is 4.79 Å². The topological polar surface area (TPSA) is 44.8 Å². The first-order valence-electron chi connectivity index (χ1n) is 4.45. The van der Waals surface area contributed by atoms with Crippen LogP contribution >= 0.6 is 0 Å². The van der Waals surface area contributed by atoms with Gasteiger partial charge in [-0.15, -0.1) is 0 Å². The van der Waals surface area contributed by atoms with E-state index in [1.807, 2.05) is 12.1 Å². The van der Waals surface area contributed by atoms with Gasteiger partial charge in [0.25, 0.3) is 0 Å². The summed E-state index contributed by atoms with van der Waals surface area (Å²) in [6.07, 6.45) is 3.02. The van der Waals surface area contributed by atoms with Gasteiger partial charge in [-0.05, 0) is 23.8 Å². The summed E-state index contributed by atoms with van der Waals surface area (Å²) in [4.78, 5) is 10.9. The molecule has 1 aliphatic heterocycles. The molecule has 0 N–H and O–H groups in total. The number of fused-ring (bicyclic) bond motifs is 1. The second kappa shape index (κ2) is 4.04. The Kier molecular flexibility index (Phi) is 2.58. The van der Waals surface area contributed by atoms with E-state index in [1.165, 1.54) is 13.2 Å². The van der Waals surface area contributed by atoms with Crippen molar-refractivity contribution in [1.82, 2.24) is 0 Å². The van der Waals surface area contributed by atoms with Gasteiger partial charge < -0.3 is 14.2 Å². The molecular formula is C11H10O4. The van der Waals surface area contributed by atoms with Gasteiger partial charge in [-0.2, -0.15) is 0 Å². The predicted octanol–water partition coefficient (Wildman–Crippen LogP) is 1.60. The molecule has 0 amide bonds. The van der Waals surface area contributed by atoms with Crippen molar-refractivity contribution >= 4 is 12.0 Å². The van der Waals surface area contributed by atoms with Crippen LogP contribution in [-0.4, -0.2) is 19.9 Å². The van der Waals surface area contributed by atoms with Gasteiger partial charge in [-0.1, -0.05) is 6.07 Å². The van der Waals surface area contributed by atoms with Crippen molar-refractivity contribution in [3.63, 3.8) is 0 Å². The zero-order valence-electron chi connectivity index (χ0n) is 8.23. The maximum atomic E-state index is 10.9. The SMILES string of the molecule is COC(=O)C=Cc1ccc2c(c1)OCO2. The molecule has 0 fully saturated rings. The summed E-state index contributed by atoms with van der Waals surface area (Å²) < 4.78 is 14.8. The molecule has 4 nitrogen and oxygen atoms in total. The molecule has 0 aliphatic carbocycles. The fraction of sp³-hybridized carbons (Fsp3) is 0.182. The Morgan fingerprint density at radius 3 is 3.00 bits per heavy atom. The Labute approximate surface area is 87.1 Å². The smallest absolute Gasteiger partial charge is 0.330 e. The van der Waals surface area contributed by atoms with Crippen molar-refractivity contribution in [2.75, 3.05) is 13.9 Å². The minimum Gasteiger partial charge on any atom is -0.466 e. The van der Waals surface area contributed by atoms with E-state index < -0.39 is 0 Å². The molecular weight excluding hydrogens is 196 g/mol. The van der Waals surface area contributed by atoms with Crippen molar-refractivity contribution in [2.45, 2.75) is 0 Å². The molecule has 2 rings (SSSR count). The fourth-order valence-corrected chi connectivity index (χ4v) is 1.25. The van der Waals surface area contributed by atoms with Crippen LogP contribution in [0.1, 0.15) is 5.56 Å². The summed E-state index contributed by atoms with van der Waals surface area (Å²) in [5, 5.41) is 0. The van der Waals surface area contributed by atoms with Gasteiger partial charge in [-0.3, -0.25) is 0 Å². The van der Waals surface area contributed by atoms with Gasteiger partial charge in [0.2, 0.25) is 6.79 Å². The molecule has 1 heterocycles. The first kappa shape index (κ1) is 9.58. The van der Waals surface area contributed by atoms with Crippen LogP contribution in [0.2, 0.25) is 0 Å². The first-order chi connectivity index (χ1) is 7.29. The summed E-state index contributed by atoms with van der Waals surface area (Å²) >= 11 is 0. The molecule has 0 aromatic heterocycles. The molecule has 1 aromatic carbocycles. The van der Waals surface area contributed by atoms with Crippen molar-refractivity contribution < 1.29 is 19.0 Å². The summed E-state index contributed by atoms with van der Waals surface area (Å²) in [6.45, 7) is 0.250. The van der Waals surface area contributed by atoms with Crippen molar-refractivity contribution in [1.29, 1.82) is 0 Å². The summed E-state index contributed by atoms with van der Waals surface area (Å²) in [7, 11) is 1.34. The van der Waals surface area contributed by atoms with E-state index >= 15 is 0 Å². The van der Waals surface area contributed by atoms with Crippen LogP contribution in [-0.2, 0) is 9.53 Å². The van der Waals surface area contributed by atoms with E-state index in [1.54, 1.807) is 12.1 Å². The Morgan fingerprint density at radius 2 is 2.20 bits per heavy atom. The van der Waals surface area contributed by atoms with Crippen molar-refractivity contribution in [3.05, 3.63) is 29.8 Å². The summed E-state index contributed by atoms with van der Waals surface area (Å²) in [5.74, 6) is 1.04. The van der Waals surface area contributed by atoms with Crippen LogP contribution in [0.15, 0.2) is 24.3 Å². The van der Waals surface area contributed by atoms with Crippen LogP contribution in [0, 0.1) is 0 Å². The number of carbonyl (C=O) groups excluding carboxylic acids is 1. The Hall–Kier alpha value is -1.97. The van der Waals surface area contributed by atoms with Gasteiger partial charge in [0.15, 0.2) is 11.5 Å². The number of carbonyl (C=O) groups is 1. The van der Waals surface area contributed by atoms with E-state index in [0.717, 1.165) is 11.3 Å². The quantitative estimate of drug-likeness (QED) is 0.544. The van der Waals surface area contributed by atoms with Gasteiger partial charge in [-0.25, -0.2) is 4.79 Å². The monoisotopic (exact) mass is 206 g/mol. The lowest BCUT2D eigenvalue weighted by atomic mass is 10.2. The third kappa shape index (κ3) is 2.10. The molecule has 0 spiro atoms. The van der Waals surface area contributed by atoms with Gasteiger partial charge in [0.05, 0.1) is 7.11 Å². The minimum absolute atomic E-state index is 0.250. The summed E-state index contributed by atoms with van der Waals surface area (Å²) in [5.41, 5.74) is 0.865. The lowest BCUT2D eigenvalue weighted by molar-refractivity contribution is -0.134. The third-order valence-corrected chi connectivity index (χ3v) is 2.01. The second-order valence-corrected chi connectivity index (χ2v) is 2.97. The predicted molar refractivity (Wildman–Crippen MR) is 53.6 cm³/mol. The second-order valence-electron chi connectivity index (χ2n) is 2.97. The van der Waals surface area contributed by atoms with Crippen molar-refractivity contribution in [2.24, 2.45) is 0 Å². The highest BCUT2D eigenvalue weighted by Gasteiger charge is 2.12. The molecule has 0 atom stereocenters. The maximum absolute atomic E-state index is 10.9. The Morgan fingerprint density at radius 1 is 1.40 bits per heavy atom. The lowest BCUT2D eigenvalue weighted by Crippen LogP contribution is -1.93. The number of hydrogen-bond donors (Lipinski definition) is 0. The normalized spacial score (nSPS) is 13.1. The fourth-order valence-electron chi connectivity index (χ4n) is 1.25. The van der Waals surface area contributed by atoms with E-state index in [4.69, 9.17) is 9.47 Å². The molecule has 78 valence electrons. The van der Waals surface area contributed by atoms with Crippen LogP contribution in [0.25, 0.3) is 6.08 Å². The molecule has 0 saturated carbocycles. The number of rotatable bonds is 2. The van der Waals surface area contributed by atoms with Gasteiger partial charge >= 0.3 is 5.97 Å². The number of methoxy groups -OCH3 is 1. The van der Waals surface area contributed by atoms with Gasteiger partial charge in [0, 0.05) is 6.08 Å². The van der Waals surface area contributed by atoms with Crippen molar-refractivity contribution in [3.8, 4) is 11.5 Å². The zero-order chi connectivity index (χ0) is 10.7. The van der Waals surface area contributed by atoms with Crippen LogP contribution in [0.5, 0.6) is 11.5 Å². The van der Waals surface area contributed by atoms with Crippen LogP contribution < -0.4 is 9.47 Å². The van der Waals surface area contributed by atoms with E-state index in [2.05, 4.69) is 4.74 Å². The van der Waals surface area contributed by atoms with E-state index in [-0.39, 0.29) is 12.8 Å². The van der Waals surface area contributed by atoms with E-state index in [0.29, 0.717) is 5.75 Å². The highest BCUT2D eigenvalue weighted by atomic mass is 16.7. The third-order valence-electron chi connectivity index (χ3n) is 2.01. The standard InChI is InChI=1S/C11H10O4/c1-13-11(12)5-3-8-2-4-9-10(6-8)15-7-14-9/h2-6H,7H2,1H3. The van der Waals surface area contributed by atoms with Crippen LogP contribution in [0.3, 0.4) is 0 Å². The number of benzene rings is 1. The maximum Gasteiger partial charge on any atom is 0.330 e. The highest BCUT2D eigenvalue weighted by molar-refractivity contribution is 5.87. The lowest BCUT2D eigenvalue weighted by Gasteiger charge is -1.97. The Bertz CT molecular complexity index is 409. The molecule has 0 bridgehead atoms. The first-order valence-corrected chi connectivity index (χ1v) is 4.45. The number of hydrogen-bond acceptors (Lipinski definition) is 4. The molecule has 0 radical (unpaired) electrons. The minimum atomic E-state index is -0.382. The molecule has 1 aliphatic rings. The molecule has 15 heavy (non-hydrogen) atoms. The number of ether oxygens (including phenoxy) is 3. The van der Waals surface area contributed by atoms with Gasteiger partial charge in [0.1, 0.15) is 0 Å². The molecule has 0 saturated heterocycles. The summed E-state index contributed by atoms with van der Waals surface area (Å²) in [6, 6.07) is 5.45. The molecule has 1 aromatic rings. The largest absolute Gasteiger partial charge is 0.466 e.